The summed E-state index contributed by atoms with van der Waals surface area (Å²) in [4.78, 5) is 14.6. The van der Waals surface area contributed by atoms with Crippen molar-refractivity contribution in [3.05, 3.63) is 42.5 Å². The molecule has 0 amide bonds. The molecule has 22 heavy (non-hydrogen) atoms. The van der Waals surface area contributed by atoms with Gasteiger partial charge in [-0.2, -0.15) is 0 Å². The number of carbonyl (C=O) groups excluding carboxylic acids is 1. The Balaban J connectivity index is 2.08. The van der Waals surface area contributed by atoms with E-state index in [2.05, 4.69) is 36.7 Å². The summed E-state index contributed by atoms with van der Waals surface area (Å²) in [6.07, 6.45) is 5.40. The molecule has 3 heteroatoms. The third kappa shape index (κ3) is 2.38. The van der Waals surface area contributed by atoms with Crippen molar-refractivity contribution < 1.29 is 9.53 Å². The second-order valence-corrected chi connectivity index (χ2v) is 6.71. The normalized spacial score (nSPS) is 32.4. The molecule has 118 valence electrons. The maximum Gasteiger partial charge on any atom is 0.133 e. The number of hydrogen-bond acceptors (Lipinski definition) is 3. The van der Waals surface area contributed by atoms with Crippen molar-refractivity contribution in [2.45, 2.75) is 37.1 Å². The fourth-order valence-corrected chi connectivity index (χ4v) is 4.51. The smallest absolute Gasteiger partial charge is 0.133 e. The van der Waals surface area contributed by atoms with Crippen molar-refractivity contribution in [3.8, 4) is 5.75 Å². The van der Waals surface area contributed by atoms with Crippen LogP contribution in [-0.2, 0) is 10.2 Å². The van der Waals surface area contributed by atoms with Crippen LogP contribution in [0.1, 0.15) is 31.2 Å². The second-order valence-electron chi connectivity index (χ2n) is 6.71. The van der Waals surface area contributed by atoms with Crippen LogP contribution in [0.3, 0.4) is 0 Å². The van der Waals surface area contributed by atoms with Gasteiger partial charge in [-0.25, -0.2) is 0 Å². The monoisotopic (exact) mass is 299 g/mol. The number of benzene rings is 1. The molecule has 1 saturated carbocycles. The van der Waals surface area contributed by atoms with Crippen molar-refractivity contribution in [1.82, 2.24) is 4.90 Å². The quantitative estimate of drug-likeness (QED) is 0.803. The molecule has 1 aromatic rings. The highest BCUT2D eigenvalue weighted by atomic mass is 16.5. The van der Waals surface area contributed by atoms with Crippen molar-refractivity contribution in [2.75, 3.05) is 20.7 Å². The van der Waals surface area contributed by atoms with Gasteiger partial charge in [0.1, 0.15) is 11.5 Å². The number of carbonyl (C=O) groups is 1. The molecule has 1 saturated heterocycles. The first kappa shape index (κ1) is 15.3. The summed E-state index contributed by atoms with van der Waals surface area (Å²) in [7, 11) is 3.86. The number of rotatable bonds is 3. The van der Waals surface area contributed by atoms with E-state index in [0.717, 1.165) is 25.1 Å². The number of likely N-dealkylation sites (tertiary alicyclic amines) is 1. The maximum absolute atomic E-state index is 12.3. The Kier molecular flexibility index (Phi) is 4.09. The number of ether oxygens (including phenoxy) is 1. The van der Waals surface area contributed by atoms with E-state index >= 15 is 0 Å². The number of fused-ring (bicyclic) bond motifs is 1. The lowest BCUT2D eigenvalue weighted by atomic mass is 9.56. The Morgan fingerprint density at radius 2 is 2.27 bits per heavy atom. The van der Waals surface area contributed by atoms with Crippen molar-refractivity contribution in [2.24, 2.45) is 5.92 Å². The second kappa shape index (κ2) is 5.88. The van der Waals surface area contributed by atoms with E-state index in [4.69, 9.17) is 4.74 Å². The highest BCUT2D eigenvalue weighted by Gasteiger charge is 2.50. The summed E-state index contributed by atoms with van der Waals surface area (Å²) in [5, 5.41) is 0. The van der Waals surface area contributed by atoms with E-state index in [0.29, 0.717) is 30.6 Å². The number of methoxy groups -OCH3 is 1. The van der Waals surface area contributed by atoms with Gasteiger partial charge in [0.25, 0.3) is 0 Å². The molecule has 1 aliphatic carbocycles. The predicted octanol–water partition coefficient (Wildman–Crippen LogP) is 3.19. The molecule has 0 N–H and O–H groups in total. The van der Waals surface area contributed by atoms with E-state index in [1.165, 1.54) is 5.56 Å². The Morgan fingerprint density at radius 3 is 3.00 bits per heavy atom. The molecule has 3 atom stereocenters. The Labute approximate surface area is 133 Å². The van der Waals surface area contributed by atoms with Crippen LogP contribution in [0, 0.1) is 5.92 Å². The predicted molar refractivity (Wildman–Crippen MR) is 88.3 cm³/mol. The molecule has 0 aromatic heterocycles. The molecule has 2 aliphatic rings. The molecular weight excluding hydrogens is 274 g/mol. The van der Waals surface area contributed by atoms with Gasteiger partial charge in [-0.1, -0.05) is 18.2 Å². The summed E-state index contributed by atoms with van der Waals surface area (Å²) in [6.45, 7) is 5.05. The Morgan fingerprint density at radius 1 is 1.45 bits per heavy atom. The molecule has 3 unspecified atom stereocenters. The highest BCUT2D eigenvalue weighted by Crippen LogP contribution is 2.50. The lowest BCUT2D eigenvalue weighted by Gasteiger charge is -2.53. The minimum atomic E-state index is -0.0603. The first-order valence-electron chi connectivity index (χ1n) is 8.10. The molecule has 0 radical (unpaired) electrons. The molecular formula is C19H25NO2. The van der Waals surface area contributed by atoms with Crippen LogP contribution in [0.15, 0.2) is 36.9 Å². The summed E-state index contributed by atoms with van der Waals surface area (Å²) in [5.41, 5.74) is 1.19. The van der Waals surface area contributed by atoms with Gasteiger partial charge in [0.15, 0.2) is 0 Å². The lowest BCUT2D eigenvalue weighted by molar-refractivity contribution is -0.125. The third-order valence-corrected chi connectivity index (χ3v) is 5.67. The first-order valence-corrected chi connectivity index (χ1v) is 8.10. The largest absolute Gasteiger partial charge is 0.497 e. The van der Waals surface area contributed by atoms with E-state index in [9.17, 15) is 4.79 Å². The number of piperidine rings is 1. The molecule has 3 nitrogen and oxygen atoms in total. The minimum Gasteiger partial charge on any atom is -0.497 e. The van der Waals surface area contributed by atoms with E-state index in [1.807, 2.05) is 12.1 Å². The van der Waals surface area contributed by atoms with Crippen LogP contribution in [0.4, 0.5) is 0 Å². The zero-order chi connectivity index (χ0) is 15.7. The summed E-state index contributed by atoms with van der Waals surface area (Å²) in [5.74, 6) is 1.72. The number of ketones is 1. The van der Waals surface area contributed by atoms with E-state index < -0.39 is 0 Å². The molecule has 1 heterocycles. The van der Waals surface area contributed by atoms with Gasteiger partial charge in [0, 0.05) is 24.3 Å². The lowest BCUT2D eigenvalue weighted by Crippen LogP contribution is -2.56. The van der Waals surface area contributed by atoms with Gasteiger partial charge in [-0.3, -0.25) is 9.69 Å². The number of hydrogen-bond donors (Lipinski definition) is 0. The van der Waals surface area contributed by atoms with E-state index in [-0.39, 0.29) is 5.41 Å². The molecule has 3 rings (SSSR count). The van der Waals surface area contributed by atoms with Crippen LogP contribution < -0.4 is 4.74 Å². The molecule has 0 bridgehead atoms. The van der Waals surface area contributed by atoms with Gasteiger partial charge in [0.05, 0.1) is 7.11 Å². The van der Waals surface area contributed by atoms with E-state index in [1.54, 1.807) is 7.11 Å². The standard InChI is InChI=1S/C19H25NO2/c1-4-18-17-9-8-15(21)13-19(17,10-11-20(18)2)14-6-5-7-16(12-14)22-3/h4-7,12,17-18H,1,8-11,13H2,2-3H3. The summed E-state index contributed by atoms with van der Waals surface area (Å²) in [6, 6.07) is 8.64. The van der Waals surface area contributed by atoms with Crippen molar-refractivity contribution in [1.29, 1.82) is 0 Å². The fraction of sp³-hybridized carbons (Fsp3) is 0.526. The Hall–Kier alpha value is -1.61. The average molecular weight is 299 g/mol. The zero-order valence-electron chi connectivity index (χ0n) is 13.5. The van der Waals surface area contributed by atoms with Crippen LogP contribution in [0.5, 0.6) is 5.75 Å². The van der Waals surface area contributed by atoms with Crippen LogP contribution >= 0.6 is 0 Å². The molecule has 1 aromatic carbocycles. The SMILES string of the molecule is C=CC1C2CCC(=O)CC2(c2cccc(OC)c2)CCN1C. The Bertz CT molecular complexity index is 583. The van der Waals surface area contributed by atoms with Gasteiger partial charge in [0.2, 0.25) is 0 Å². The maximum atomic E-state index is 12.3. The number of Topliss-reactive ketones (excluding diaryl/α,β-unsaturated/α-hetero) is 1. The third-order valence-electron chi connectivity index (χ3n) is 5.67. The number of likely N-dealkylation sites (N-methyl/N-ethyl adjacent to an activating group) is 1. The zero-order valence-corrected chi connectivity index (χ0v) is 13.5. The number of nitrogens with zero attached hydrogens (tertiary/aromatic N) is 1. The summed E-state index contributed by atoms with van der Waals surface area (Å²) < 4.78 is 5.41. The summed E-state index contributed by atoms with van der Waals surface area (Å²) >= 11 is 0. The minimum absolute atomic E-state index is 0.0603. The average Bonchev–Trinajstić information content (AvgIpc) is 2.55. The van der Waals surface area contributed by atoms with Gasteiger partial charge < -0.3 is 4.74 Å². The van der Waals surface area contributed by atoms with Gasteiger partial charge >= 0.3 is 0 Å². The first-order chi connectivity index (χ1) is 10.6. The molecule has 2 fully saturated rings. The van der Waals surface area contributed by atoms with Gasteiger partial charge in [-0.05, 0) is 50.0 Å². The van der Waals surface area contributed by atoms with Crippen LogP contribution in [-0.4, -0.2) is 37.4 Å². The van der Waals surface area contributed by atoms with Crippen molar-refractivity contribution in [3.63, 3.8) is 0 Å². The van der Waals surface area contributed by atoms with Crippen LogP contribution in [0.25, 0.3) is 0 Å². The van der Waals surface area contributed by atoms with Crippen molar-refractivity contribution >= 4 is 5.78 Å². The highest BCUT2D eigenvalue weighted by molar-refractivity contribution is 5.81. The molecule has 1 aliphatic heterocycles. The fourth-order valence-electron chi connectivity index (χ4n) is 4.51. The van der Waals surface area contributed by atoms with Gasteiger partial charge in [-0.15, -0.1) is 6.58 Å². The topological polar surface area (TPSA) is 29.5 Å². The molecule has 0 spiro atoms. The van der Waals surface area contributed by atoms with Crippen LogP contribution in [0.2, 0.25) is 0 Å².